The Bertz CT molecular complexity index is 1680. The standard InChI is InChI=1S/C8H5F3O.C6H6.C2HF3O.6C2F3O.3CH4.2Pb/c9-8(10,11)7(12)6-4-2-1-3-5-6;1-2-4-6-5-3-1;7*3-2(4,5)1-6;;;;;/h1-5H;1-6H;1H;;;;;;;3*1H4;;. The first-order chi connectivity index (χ1) is 27.2. The van der Waals surface area contributed by atoms with Gasteiger partial charge in [0.1, 0.15) is 0 Å². The van der Waals surface area contributed by atoms with Crippen LogP contribution in [0.4, 0.5) is 105 Å². The van der Waals surface area contributed by atoms with Gasteiger partial charge in [-0.3, -0.25) is 9.59 Å². The summed E-state index contributed by atoms with van der Waals surface area (Å²) in [6, 6.07) is 18.6. The minimum Gasteiger partial charge on any atom is -0.0623 e. The molecule has 0 bridgehead atoms. The zero-order valence-electron chi connectivity index (χ0n) is 28.3. The van der Waals surface area contributed by atoms with E-state index < -0.39 is 127 Å². The Morgan fingerprint density at radius 1 is 0.369 bits per heavy atom. The normalized spacial score (nSPS) is 11.9. The van der Waals surface area contributed by atoms with Gasteiger partial charge in [0.2, 0.25) is 6.29 Å². The van der Waals surface area contributed by atoms with Crippen LogP contribution in [0.3, 0.4) is 0 Å². The average Bonchev–Trinajstić information content (AvgIpc) is 3.10. The molecule has 2 aromatic carbocycles. The molecule has 372 valence electrons. The maximum absolute atomic E-state index is 12.3. The largest absolute Gasteiger partial charge is 0.0623 e. The molecule has 0 spiro atoms. The molecule has 65 heavy (non-hydrogen) atoms. The van der Waals surface area contributed by atoms with E-state index in [1.54, 1.807) is 6.07 Å². The van der Waals surface area contributed by atoms with Crippen LogP contribution < -0.4 is 0 Å². The van der Waals surface area contributed by atoms with Gasteiger partial charge in [-0.15, -0.1) is 0 Å². The van der Waals surface area contributed by atoms with Crippen molar-refractivity contribution >= 4 is 77.5 Å². The topological polar surface area (TPSA) is 137 Å². The predicted octanol–water partition coefficient (Wildman–Crippen LogP) is 9.76. The van der Waals surface area contributed by atoms with E-state index in [1.807, 2.05) is 36.4 Å². The van der Waals surface area contributed by atoms with E-state index in [-0.39, 0.29) is 27.8 Å². The number of halogens is 24. The monoisotopic (exact) mass is 1400 g/mol. The van der Waals surface area contributed by atoms with Crippen molar-refractivity contribution in [1.82, 2.24) is 0 Å². The van der Waals surface area contributed by atoms with Crippen LogP contribution in [0.25, 0.3) is 0 Å². The van der Waals surface area contributed by atoms with Crippen LogP contribution in [0.15, 0.2) is 66.7 Å². The van der Waals surface area contributed by atoms with E-state index in [2.05, 4.69) is 0 Å². The van der Waals surface area contributed by atoms with Gasteiger partial charge in [0, 0.05) is 5.56 Å². The van der Waals surface area contributed by atoms with Crippen molar-refractivity contribution in [3.8, 4) is 0 Å². The van der Waals surface area contributed by atoms with E-state index in [4.69, 9.17) is 4.79 Å². The third-order valence-electron chi connectivity index (χ3n) is 5.23. The van der Waals surface area contributed by atoms with Gasteiger partial charge in [0.25, 0.3) is 5.78 Å². The summed E-state index contributed by atoms with van der Waals surface area (Å²) in [5.41, 5.74) is -0.329. The van der Waals surface area contributed by atoms with Crippen molar-refractivity contribution in [3.63, 3.8) is 0 Å². The molecule has 0 aliphatic heterocycles. The van der Waals surface area contributed by atoms with Crippen LogP contribution in [0.5, 0.6) is 0 Å². The Hall–Kier alpha value is -4.04. The minimum atomic E-state index is -10.0. The molecular weight excluding hydrogens is 1370 g/mol. The number of carbonyl (C=O) groups is 8. The molecule has 0 heterocycles. The summed E-state index contributed by atoms with van der Waals surface area (Å²) in [7, 11) is 0. The number of hydrogen-bond acceptors (Lipinski definition) is 8. The molecule has 0 aromatic heterocycles. The molecule has 2 rings (SSSR count). The molecule has 0 unspecified atom stereocenters. The third kappa shape index (κ3) is 26.6. The molecule has 0 atom stereocenters. The molecular formula is C31H24F24O8Pb2. The van der Waals surface area contributed by atoms with Crippen molar-refractivity contribution in [2.24, 2.45) is 0 Å². The van der Waals surface area contributed by atoms with Gasteiger partial charge in [-0.2, -0.15) is 26.3 Å². The molecule has 0 aliphatic carbocycles. The number of aldehydes is 1. The first-order valence-corrected chi connectivity index (χ1v) is 25.6. The Morgan fingerprint density at radius 3 is 0.723 bits per heavy atom. The smallest absolute Gasteiger partial charge is 0.0623 e. The summed E-state index contributed by atoms with van der Waals surface area (Å²) in [5.74, 6) is -1.80. The van der Waals surface area contributed by atoms with E-state index >= 15 is 0 Å². The van der Waals surface area contributed by atoms with E-state index in [1.165, 1.54) is 12.1 Å². The Balaban J connectivity index is -0.000000183. The second-order valence-electron chi connectivity index (χ2n) is 9.84. The fraction of sp³-hybridized carbons (Fsp3) is 0.355. The van der Waals surface area contributed by atoms with Crippen LogP contribution in [0.2, 0.25) is 0 Å². The quantitative estimate of drug-likeness (QED) is 0.116. The number of ketones is 1. The molecule has 2 radical (unpaired) electrons. The van der Waals surface area contributed by atoms with Gasteiger partial charge in [0.05, 0.1) is 0 Å². The van der Waals surface area contributed by atoms with Gasteiger partial charge < -0.3 is 0 Å². The molecule has 0 saturated carbocycles. The molecule has 0 amide bonds. The van der Waals surface area contributed by atoms with Crippen LogP contribution in [0, 0.1) is 0 Å². The zero-order chi connectivity index (χ0) is 50.3. The van der Waals surface area contributed by atoms with Gasteiger partial charge in [-0.1, -0.05) is 89.0 Å². The number of hydrogen-bond donors (Lipinski definition) is 0. The fourth-order valence-corrected chi connectivity index (χ4v) is 16.2. The summed E-state index contributed by atoms with van der Waals surface area (Å²) in [4.78, 5) is 83.0. The molecule has 0 fully saturated rings. The number of benzene rings is 2. The number of Topliss-reactive ketones (excluding diaryl/α,β-unsaturated/α-hetero) is 1. The average molecular weight is 1390 g/mol. The van der Waals surface area contributed by atoms with Gasteiger partial charge in [-0.05, 0) is 0 Å². The molecule has 0 N–H and O–H groups in total. The van der Waals surface area contributed by atoms with Crippen LogP contribution >= 0.6 is 0 Å². The van der Waals surface area contributed by atoms with Gasteiger partial charge >= 0.3 is 223 Å². The minimum absolute atomic E-state index is 0. The summed E-state index contributed by atoms with van der Waals surface area (Å²) in [6.07, 6.45) is -48.8. The van der Waals surface area contributed by atoms with Crippen LogP contribution in [-0.2, 0) is 33.6 Å². The van der Waals surface area contributed by atoms with Crippen molar-refractivity contribution < 1.29 is 144 Å². The summed E-state index contributed by atoms with van der Waals surface area (Å²) < 4.78 is 260. The molecule has 0 aliphatic rings. The van der Waals surface area contributed by atoms with Crippen molar-refractivity contribution in [2.75, 3.05) is 0 Å². The van der Waals surface area contributed by atoms with Crippen molar-refractivity contribution in [3.05, 3.63) is 72.3 Å². The van der Waals surface area contributed by atoms with Gasteiger partial charge in [-0.25, -0.2) is 0 Å². The first-order valence-electron chi connectivity index (χ1n) is 13.9. The van der Waals surface area contributed by atoms with Crippen LogP contribution in [0.1, 0.15) is 32.6 Å². The molecule has 2 aromatic rings. The summed E-state index contributed by atoms with van der Waals surface area (Å²) in [6.45, 7) is 0. The maximum atomic E-state index is 12.3. The van der Waals surface area contributed by atoms with Crippen molar-refractivity contribution in [2.45, 2.75) is 71.7 Å². The first kappa shape index (κ1) is 72.6. The van der Waals surface area contributed by atoms with E-state index in [0.29, 0.717) is 0 Å². The second kappa shape index (κ2) is 27.6. The predicted molar refractivity (Wildman–Crippen MR) is 173 cm³/mol. The zero-order valence-corrected chi connectivity index (χ0v) is 36.0. The Labute approximate surface area is 363 Å². The second-order valence-corrected chi connectivity index (χ2v) is 27.2. The number of rotatable bonds is 7. The Kier molecular flexibility index (Phi) is 30.8. The third-order valence-corrected chi connectivity index (χ3v) is 24.2. The van der Waals surface area contributed by atoms with Crippen LogP contribution in [-0.4, -0.2) is 127 Å². The Morgan fingerprint density at radius 2 is 0.569 bits per heavy atom. The molecule has 34 heteroatoms. The summed E-state index contributed by atoms with van der Waals surface area (Å²) in [5, 5.41) is 0. The van der Waals surface area contributed by atoms with E-state index in [0.717, 1.165) is 12.1 Å². The SMILES string of the molecule is C.C.C.O=C(c1ccccc1)C(F)(F)F.O=CC(F)(F)F.O=[C](C(F)(F)F)[Pb]([C](=O)C(F)(F)F)([C](=O)C(F)(F)F)[C](=O)C(F)(F)F.O=[C]([Pb][C](=O)C(F)(F)F)C(F)(F)F.c1ccccc1. The number of alkyl halides is 24. The van der Waals surface area contributed by atoms with Crippen molar-refractivity contribution in [1.29, 1.82) is 0 Å². The summed E-state index contributed by atoms with van der Waals surface area (Å²) >= 11 is -14.0. The van der Waals surface area contributed by atoms with Gasteiger partial charge in [0.15, 0.2) is 0 Å². The van der Waals surface area contributed by atoms with E-state index in [9.17, 15) is 139 Å². The number of carbonyl (C=O) groups excluding carboxylic acids is 8. The fourth-order valence-electron chi connectivity index (χ4n) is 2.85. The molecule has 0 saturated heterocycles. The maximum Gasteiger partial charge on any atom is -0.0623 e. The molecule has 8 nitrogen and oxygen atoms in total.